The Morgan fingerprint density at radius 2 is 1.05 bits per heavy atom. The van der Waals surface area contributed by atoms with Crippen LogP contribution in [0.5, 0.6) is 0 Å². The molecule has 2 unspecified atom stereocenters. The smallest absolute Gasteiger partial charge is 0.252 e. The van der Waals surface area contributed by atoms with Gasteiger partial charge in [-0.3, -0.25) is 0 Å². The van der Waals surface area contributed by atoms with Crippen molar-refractivity contribution in [2.45, 2.75) is 187 Å². The molecule has 4 heterocycles. The van der Waals surface area contributed by atoms with E-state index in [1.54, 1.807) is 0 Å². The van der Waals surface area contributed by atoms with Crippen molar-refractivity contribution in [2.24, 2.45) is 0 Å². The molecule has 5 heteroatoms. The highest BCUT2D eigenvalue weighted by Crippen LogP contribution is 2.62. The van der Waals surface area contributed by atoms with Gasteiger partial charge in [0.15, 0.2) is 5.58 Å². The van der Waals surface area contributed by atoms with Gasteiger partial charge in [0.25, 0.3) is 6.71 Å². The van der Waals surface area contributed by atoms with E-state index in [9.17, 15) is 0 Å². The number of hydrogen-bond donors (Lipinski definition) is 0. The second kappa shape index (κ2) is 15.3. The summed E-state index contributed by atoms with van der Waals surface area (Å²) >= 11 is 0. The van der Waals surface area contributed by atoms with Crippen LogP contribution in [0, 0.1) is 13.8 Å². The van der Waals surface area contributed by atoms with E-state index in [1.807, 2.05) is 0 Å². The fourth-order valence-electron chi connectivity index (χ4n) is 16.9. The minimum Gasteiger partial charge on any atom is -0.454 e. The molecule has 0 bridgehead atoms. The Labute approximate surface area is 454 Å². The average molecular weight is 1000 g/mol. The van der Waals surface area contributed by atoms with Crippen LogP contribution in [-0.4, -0.2) is 12.3 Å². The second-order valence-corrected chi connectivity index (χ2v) is 28.8. The predicted molar refractivity (Wildman–Crippen MR) is 325 cm³/mol. The summed E-state index contributed by atoms with van der Waals surface area (Å²) in [6.07, 6.45) is 8.32. The van der Waals surface area contributed by atoms with Gasteiger partial charge in [-0.25, -0.2) is 0 Å². The molecule has 4 nitrogen and oxygen atoms in total. The van der Waals surface area contributed by atoms with E-state index in [-0.39, 0.29) is 44.7 Å². The van der Waals surface area contributed by atoms with Crippen LogP contribution in [0.3, 0.4) is 0 Å². The van der Waals surface area contributed by atoms with Crippen LogP contribution in [0.2, 0.25) is 0 Å². The Hall–Kier alpha value is -6.20. The Kier molecular flexibility index (Phi) is 9.70. The van der Waals surface area contributed by atoms with E-state index in [0.717, 1.165) is 35.1 Å². The lowest BCUT2D eigenvalue weighted by Crippen LogP contribution is -2.61. The van der Waals surface area contributed by atoms with Gasteiger partial charge in [0.2, 0.25) is 0 Å². The molecule has 2 atom stereocenters. The molecule has 7 aromatic carbocycles. The van der Waals surface area contributed by atoms with Gasteiger partial charge in [0, 0.05) is 61.6 Å². The SMILES string of the molecule is Cc1cc2c3c(c1)N(c1cccc4c1oc1c(C(C)(C)C)cccc14)c1cc(N4c5ccccc5C5(C)CCCCC45C)ccc1B3c1cc3c(cc1N2c1cc2c(cc1C)C(C)(C)CCC2(C)C)C(C)(C)CC3(C)C. The number of furan rings is 1. The lowest BCUT2D eigenvalue weighted by molar-refractivity contribution is 0.195. The third-order valence-corrected chi connectivity index (χ3v) is 20.9. The zero-order valence-electron chi connectivity index (χ0n) is 48.2. The Morgan fingerprint density at radius 3 is 1.76 bits per heavy atom. The van der Waals surface area contributed by atoms with Gasteiger partial charge in [0.05, 0.1) is 11.2 Å². The third kappa shape index (κ3) is 6.32. The normalized spacial score (nSPS) is 23.0. The van der Waals surface area contributed by atoms with E-state index < -0.39 is 0 Å². The summed E-state index contributed by atoms with van der Waals surface area (Å²) in [7, 11) is 0. The van der Waals surface area contributed by atoms with Gasteiger partial charge in [-0.2, -0.15) is 0 Å². The Morgan fingerprint density at radius 1 is 0.474 bits per heavy atom. The van der Waals surface area contributed by atoms with Crippen LogP contribution in [-0.2, 0) is 32.5 Å². The highest BCUT2D eigenvalue weighted by molar-refractivity contribution is 7.00. The number of benzene rings is 7. The van der Waals surface area contributed by atoms with Crippen molar-refractivity contribution < 1.29 is 4.42 Å². The fraction of sp³-hybridized carbons (Fsp3) is 0.408. The summed E-state index contributed by atoms with van der Waals surface area (Å²) in [6.45, 7) is 36.6. The number of aryl methyl sites for hydroxylation is 2. The summed E-state index contributed by atoms with van der Waals surface area (Å²) in [5.41, 5.74) is 27.5. The molecule has 0 amide bonds. The molecule has 3 aliphatic heterocycles. The minimum atomic E-state index is -0.0979. The van der Waals surface area contributed by atoms with Crippen molar-refractivity contribution in [2.75, 3.05) is 14.7 Å². The van der Waals surface area contributed by atoms with Crippen LogP contribution < -0.4 is 31.1 Å². The molecule has 0 radical (unpaired) electrons. The molecule has 0 N–H and O–H groups in total. The Balaban J connectivity index is 1.10. The van der Waals surface area contributed by atoms with Crippen LogP contribution in [0.1, 0.15) is 179 Å². The molecule has 0 saturated heterocycles. The van der Waals surface area contributed by atoms with Gasteiger partial charge in [0.1, 0.15) is 5.58 Å². The highest BCUT2D eigenvalue weighted by atomic mass is 16.3. The van der Waals surface area contributed by atoms with Gasteiger partial charge in [-0.1, -0.05) is 163 Å². The molecule has 0 spiro atoms. The van der Waals surface area contributed by atoms with Crippen molar-refractivity contribution in [1.29, 1.82) is 0 Å². The zero-order chi connectivity index (χ0) is 53.2. The van der Waals surface area contributed by atoms with E-state index in [0.29, 0.717) is 0 Å². The van der Waals surface area contributed by atoms with Crippen molar-refractivity contribution in [3.8, 4) is 0 Å². The molecule has 6 aliphatic rings. The Bertz CT molecular complexity index is 3840. The number of hydrogen-bond acceptors (Lipinski definition) is 4. The lowest BCUT2D eigenvalue weighted by atomic mass is 9.33. The monoisotopic (exact) mass is 1000 g/mol. The molecule has 1 fully saturated rings. The minimum absolute atomic E-state index is 0.0148. The third-order valence-electron chi connectivity index (χ3n) is 20.9. The summed E-state index contributed by atoms with van der Waals surface area (Å²) in [4.78, 5) is 8.14. The highest BCUT2D eigenvalue weighted by Gasteiger charge is 2.58. The molecule has 1 aromatic heterocycles. The first-order valence-corrected chi connectivity index (χ1v) is 28.9. The van der Waals surface area contributed by atoms with Crippen LogP contribution in [0.4, 0.5) is 45.5 Å². The standard InChI is InChI=1S/C71H78BN3O/c1-42-34-60-62-61(35-42)74(57-39-51-49(36-43(57)2)66(6,7)32-33-67(51,8)9)59-40-52-50(68(10,11)41-69(52,12)13)38-54(59)72(62)53-29-28-44(75-55-26-17-16-24-47(55)70(14)30-18-19-31-71(70,75)15)37-58(53)73(60)56-27-21-23-46-45-22-20-25-48(65(3,4)5)63(45)76-64(46)56/h16-17,20-29,34-40H,18-19,30-33,41H2,1-15H3. The van der Waals surface area contributed by atoms with E-state index >= 15 is 0 Å². The van der Waals surface area contributed by atoms with Crippen LogP contribution in [0.25, 0.3) is 21.9 Å². The zero-order valence-corrected chi connectivity index (χ0v) is 48.2. The second-order valence-electron chi connectivity index (χ2n) is 28.8. The summed E-state index contributed by atoms with van der Waals surface area (Å²) < 4.78 is 7.41. The molecule has 1 saturated carbocycles. The molecule has 76 heavy (non-hydrogen) atoms. The van der Waals surface area contributed by atoms with Crippen molar-refractivity contribution in [3.05, 3.63) is 160 Å². The van der Waals surface area contributed by atoms with Crippen molar-refractivity contribution in [3.63, 3.8) is 0 Å². The average Bonchev–Trinajstić information content (AvgIpc) is 4.10. The topological polar surface area (TPSA) is 22.9 Å². The first kappa shape index (κ1) is 48.2. The maximum atomic E-state index is 7.41. The number of anilines is 8. The van der Waals surface area contributed by atoms with Crippen molar-refractivity contribution in [1.82, 2.24) is 0 Å². The van der Waals surface area contributed by atoms with Gasteiger partial charge >= 0.3 is 0 Å². The number of fused-ring (bicyclic) bond motifs is 12. The van der Waals surface area contributed by atoms with Gasteiger partial charge in [-0.05, 0) is 184 Å². The fourth-order valence-corrected chi connectivity index (χ4v) is 16.9. The van der Waals surface area contributed by atoms with E-state index in [2.05, 4.69) is 234 Å². The first-order chi connectivity index (χ1) is 35.8. The predicted octanol–water partition coefficient (Wildman–Crippen LogP) is 17.6. The number of rotatable bonds is 3. The molecular weight excluding hydrogens is 922 g/mol. The van der Waals surface area contributed by atoms with Crippen molar-refractivity contribution >= 4 is 90.5 Å². The lowest BCUT2D eigenvalue weighted by Gasteiger charge is -2.50. The summed E-state index contributed by atoms with van der Waals surface area (Å²) in [5.74, 6) is 0. The van der Waals surface area contributed by atoms with Gasteiger partial charge < -0.3 is 19.1 Å². The molecule has 3 aliphatic carbocycles. The molecule has 14 rings (SSSR count). The number of nitrogens with zero attached hydrogens (tertiary/aromatic N) is 3. The number of para-hydroxylation sites is 3. The quantitative estimate of drug-likeness (QED) is 0.165. The largest absolute Gasteiger partial charge is 0.454 e. The van der Waals surface area contributed by atoms with E-state index in [4.69, 9.17) is 4.42 Å². The van der Waals surface area contributed by atoms with Gasteiger partial charge in [-0.15, -0.1) is 0 Å². The maximum Gasteiger partial charge on any atom is 0.252 e. The van der Waals surface area contributed by atoms with E-state index in [1.165, 1.54) is 138 Å². The first-order valence-electron chi connectivity index (χ1n) is 28.9. The molecule has 8 aromatic rings. The molecule has 386 valence electrons. The molecular formula is C71H78BN3O. The van der Waals surface area contributed by atoms with Crippen LogP contribution in [0.15, 0.2) is 120 Å². The van der Waals surface area contributed by atoms with Crippen LogP contribution >= 0.6 is 0 Å². The summed E-state index contributed by atoms with van der Waals surface area (Å²) in [6, 6.07) is 46.2. The maximum absolute atomic E-state index is 7.41. The summed E-state index contributed by atoms with van der Waals surface area (Å²) in [5, 5.41) is 2.33.